The Morgan fingerprint density at radius 3 is 2.54 bits per heavy atom. The second kappa shape index (κ2) is 4.59. The lowest BCUT2D eigenvalue weighted by Crippen LogP contribution is -2.42. The van der Waals surface area contributed by atoms with E-state index in [2.05, 4.69) is 37.2 Å². The van der Waals surface area contributed by atoms with E-state index in [1.54, 1.807) is 0 Å². The van der Waals surface area contributed by atoms with Gasteiger partial charge in [-0.05, 0) is 33.7 Å². The van der Waals surface area contributed by atoms with Crippen molar-refractivity contribution in [3.05, 3.63) is 0 Å². The van der Waals surface area contributed by atoms with Crippen molar-refractivity contribution < 1.29 is 0 Å². The molecule has 0 aromatic rings. The maximum Gasteiger partial charge on any atom is 0.108 e. The first-order chi connectivity index (χ1) is 6.13. The Morgan fingerprint density at radius 1 is 1.54 bits per heavy atom. The molecule has 0 amide bonds. The summed E-state index contributed by atoms with van der Waals surface area (Å²) < 4.78 is 0. The molecule has 1 N–H and O–H groups in total. The molecule has 0 bridgehead atoms. The first kappa shape index (κ1) is 10.5. The molecule has 1 unspecified atom stereocenters. The van der Waals surface area contributed by atoms with Crippen molar-refractivity contribution >= 4 is 0 Å². The molecule has 0 heterocycles. The molecular formula is C10H19N3. The summed E-state index contributed by atoms with van der Waals surface area (Å²) >= 11 is 0. The fourth-order valence-corrected chi connectivity index (χ4v) is 1.49. The molecule has 0 aliphatic heterocycles. The van der Waals surface area contributed by atoms with Crippen molar-refractivity contribution in [1.82, 2.24) is 10.2 Å². The van der Waals surface area contributed by atoms with Crippen LogP contribution in [0.25, 0.3) is 0 Å². The van der Waals surface area contributed by atoms with Crippen molar-refractivity contribution in [3.8, 4) is 6.07 Å². The van der Waals surface area contributed by atoms with E-state index in [9.17, 15) is 0 Å². The highest BCUT2D eigenvalue weighted by atomic mass is 15.2. The van der Waals surface area contributed by atoms with Gasteiger partial charge in [0.05, 0.1) is 6.07 Å². The van der Waals surface area contributed by atoms with Gasteiger partial charge in [0, 0.05) is 18.6 Å². The summed E-state index contributed by atoms with van der Waals surface area (Å²) in [5.41, 5.74) is 0. The van der Waals surface area contributed by atoms with Crippen LogP contribution in [-0.2, 0) is 0 Å². The fourth-order valence-electron chi connectivity index (χ4n) is 1.49. The molecule has 0 aromatic heterocycles. The van der Waals surface area contributed by atoms with Crippen LogP contribution in [0.2, 0.25) is 0 Å². The highest BCUT2D eigenvalue weighted by Gasteiger charge is 2.27. The van der Waals surface area contributed by atoms with Gasteiger partial charge in [-0.2, -0.15) is 5.26 Å². The highest BCUT2D eigenvalue weighted by molar-refractivity contribution is 4.95. The fraction of sp³-hybridized carbons (Fsp3) is 0.900. The number of likely N-dealkylation sites (N-methyl/N-ethyl adjacent to an activating group) is 1. The van der Waals surface area contributed by atoms with Crippen molar-refractivity contribution in [2.24, 2.45) is 0 Å². The molecule has 1 atom stereocenters. The molecule has 0 radical (unpaired) electrons. The van der Waals surface area contributed by atoms with Gasteiger partial charge in [0.15, 0.2) is 0 Å². The van der Waals surface area contributed by atoms with E-state index in [1.165, 1.54) is 12.8 Å². The van der Waals surface area contributed by atoms with Gasteiger partial charge in [-0.3, -0.25) is 5.32 Å². The smallest absolute Gasteiger partial charge is 0.108 e. The van der Waals surface area contributed by atoms with E-state index in [1.807, 2.05) is 0 Å². The van der Waals surface area contributed by atoms with Crippen LogP contribution in [0.5, 0.6) is 0 Å². The predicted octanol–water partition coefficient (Wildman–Crippen LogP) is 0.971. The van der Waals surface area contributed by atoms with Crippen LogP contribution < -0.4 is 5.32 Å². The van der Waals surface area contributed by atoms with Crippen LogP contribution in [0, 0.1) is 11.3 Å². The summed E-state index contributed by atoms with van der Waals surface area (Å²) in [5, 5.41) is 12.1. The van der Waals surface area contributed by atoms with Crippen LogP contribution >= 0.6 is 0 Å². The molecule has 3 heteroatoms. The minimum atomic E-state index is -0.0226. The molecule has 13 heavy (non-hydrogen) atoms. The average molecular weight is 181 g/mol. The zero-order valence-corrected chi connectivity index (χ0v) is 8.75. The van der Waals surface area contributed by atoms with Gasteiger partial charge in [-0.1, -0.05) is 0 Å². The van der Waals surface area contributed by atoms with Crippen LogP contribution in [0.15, 0.2) is 0 Å². The highest BCUT2D eigenvalue weighted by Crippen LogP contribution is 2.25. The van der Waals surface area contributed by atoms with Crippen molar-refractivity contribution in [3.63, 3.8) is 0 Å². The molecule has 74 valence electrons. The maximum absolute atomic E-state index is 8.89. The van der Waals surface area contributed by atoms with Crippen molar-refractivity contribution in [1.29, 1.82) is 5.26 Å². The normalized spacial score (nSPS) is 19.1. The average Bonchev–Trinajstić information content (AvgIpc) is 2.84. The van der Waals surface area contributed by atoms with E-state index < -0.39 is 0 Å². The minimum Gasteiger partial charge on any atom is -0.301 e. The summed E-state index contributed by atoms with van der Waals surface area (Å²) in [7, 11) is 2.10. The third kappa shape index (κ3) is 3.75. The van der Waals surface area contributed by atoms with Gasteiger partial charge < -0.3 is 4.90 Å². The zero-order chi connectivity index (χ0) is 9.84. The number of nitrogens with zero attached hydrogens (tertiary/aromatic N) is 2. The summed E-state index contributed by atoms with van der Waals surface area (Å²) in [6, 6.07) is 3.40. The molecule has 0 saturated heterocycles. The molecular weight excluding hydrogens is 162 g/mol. The number of nitrogens with one attached hydrogen (secondary N) is 1. The van der Waals surface area contributed by atoms with Crippen LogP contribution in [-0.4, -0.2) is 36.6 Å². The Balaban J connectivity index is 2.26. The van der Waals surface area contributed by atoms with Crippen LogP contribution in [0.4, 0.5) is 0 Å². The molecule has 1 saturated carbocycles. The Bertz CT molecular complexity index is 191. The molecule has 1 fully saturated rings. The molecule has 1 aliphatic rings. The van der Waals surface area contributed by atoms with E-state index in [0.717, 1.165) is 12.6 Å². The Morgan fingerprint density at radius 2 is 2.15 bits per heavy atom. The summed E-state index contributed by atoms with van der Waals surface area (Å²) in [5.74, 6) is 0. The van der Waals surface area contributed by atoms with Crippen molar-refractivity contribution in [2.75, 3.05) is 13.6 Å². The standard InChI is InChI=1S/C10H19N3/c1-8(2)12-9(6-11)7-13(3)10-4-5-10/h8-10,12H,4-5,7H2,1-3H3. The first-order valence-electron chi connectivity index (χ1n) is 4.99. The predicted molar refractivity (Wildman–Crippen MR) is 53.3 cm³/mol. The Labute approximate surface area is 80.7 Å². The molecule has 0 spiro atoms. The van der Waals surface area contributed by atoms with E-state index in [0.29, 0.717) is 6.04 Å². The molecule has 3 nitrogen and oxygen atoms in total. The summed E-state index contributed by atoms with van der Waals surface area (Å²) in [4.78, 5) is 2.28. The van der Waals surface area contributed by atoms with Gasteiger partial charge >= 0.3 is 0 Å². The number of hydrogen-bond acceptors (Lipinski definition) is 3. The third-order valence-corrected chi connectivity index (χ3v) is 2.33. The number of nitriles is 1. The largest absolute Gasteiger partial charge is 0.301 e. The van der Waals surface area contributed by atoms with Crippen LogP contribution in [0.1, 0.15) is 26.7 Å². The lowest BCUT2D eigenvalue weighted by Gasteiger charge is -2.21. The van der Waals surface area contributed by atoms with Gasteiger partial charge in [0.1, 0.15) is 6.04 Å². The zero-order valence-electron chi connectivity index (χ0n) is 8.75. The second-order valence-electron chi connectivity index (χ2n) is 4.17. The van der Waals surface area contributed by atoms with E-state index >= 15 is 0 Å². The van der Waals surface area contributed by atoms with E-state index in [-0.39, 0.29) is 6.04 Å². The van der Waals surface area contributed by atoms with E-state index in [4.69, 9.17) is 5.26 Å². The minimum absolute atomic E-state index is 0.0226. The molecule has 1 aliphatic carbocycles. The lowest BCUT2D eigenvalue weighted by molar-refractivity contribution is 0.295. The maximum atomic E-state index is 8.89. The quantitative estimate of drug-likeness (QED) is 0.687. The van der Waals surface area contributed by atoms with Gasteiger partial charge in [0.25, 0.3) is 0 Å². The number of hydrogen-bond donors (Lipinski definition) is 1. The van der Waals surface area contributed by atoms with Gasteiger partial charge in [-0.25, -0.2) is 0 Å². The SMILES string of the molecule is CC(C)NC(C#N)CN(C)C1CC1. The second-order valence-corrected chi connectivity index (χ2v) is 4.17. The van der Waals surface area contributed by atoms with Gasteiger partial charge in [0.2, 0.25) is 0 Å². The third-order valence-electron chi connectivity index (χ3n) is 2.33. The number of rotatable bonds is 5. The first-order valence-corrected chi connectivity index (χ1v) is 4.99. The summed E-state index contributed by atoms with van der Waals surface area (Å²) in [6.45, 7) is 4.99. The van der Waals surface area contributed by atoms with Crippen LogP contribution in [0.3, 0.4) is 0 Å². The lowest BCUT2D eigenvalue weighted by atomic mass is 10.2. The molecule has 0 aromatic carbocycles. The summed E-state index contributed by atoms with van der Waals surface area (Å²) in [6.07, 6.45) is 2.60. The van der Waals surface area contributed by atoms with Gasteiger partial charge in [-0.15, -0.1) is 0 Å². The van der Waals surface area contributed by atoms with Crippen molar-refractivity contribution in [2.45, 2.75) is 44.8 Å². The Kier molecular flexibility index (Phi) is 3.71. The topological polar surface area (TPSA) is 39.1 Å². The monoisotopic (exact) mass is 181 g/mol. The Hall–Kier alpha value is -0.590. The molecule has 1 rings (SSSR count).